The fraction of sp³-hybridized carbons (Fsp3) is 0.579. The van der Waals surface area contributed by atoms with Gasteiger partial charge in [-0.05, 0) is 43.7 Å². The van der Waals surface area contributed by atoms with Gasteiger partial charge >= 0.3 is 0 Å². The van der Waals surface area contributed by atoms with Crippen LogP contribution in [0.15, 0.2) is 22.8 Å². The van der Waals surface area contributed by atoms with Crippen LogP contribution < -0.4 is 5.32 Å². The summed E-state index contributed by atoms with van der Waals surface area (Å²) in [6.07, 6.45) is 5.63. The number of hydrogen-bond donors (Lipinski definition) is 1. The highest BCUT2D eigenvalue weighted by atomic mass is 16.3. The molecule has 0 atom stereocenters. The van der Waals surface area contributed by atoms with Crippen LogP contribution in [0.4, 0.5) is 0 Å². The van der Waals surface area contributed by atoms with Crippen molar-refractivity contribution in [1.82, 2.24) is 25.0 Å². The Bertz CT molecular complexity index is 819. The third-order valence-corrected chi connectivity index (χ3v) is 5.82. The molecule has 2 aromatic heterocycles. The van der Waals surface area contributed by atoms with Crippen LogP contribution in [-0.4, -0.2) is 51.1 Å². The highest BCUT2D eigenvalue weighted by Crippen LogP contribution is 2.41. The largest absolute Gasteiger partial charge is 0.469 e. The van der Waals surface area contributed by atoms with Crippen molar-refractivity contribution in [2.24, 2.45) is 5.41 Å². The maximum absolute atomic E-state index is 12.5. The third kappa shape index (κ3) is 3.48. The van der Waals surface area contributed by atoms with Gasteiger partial charge in [0.15, 0.2) is 0 Å². The second kappa shape index (κ2) is 7.17. The second-order valence-corrected chi connectivity index (χ2v) is 7.52. The number of rotatable bonds is 4. The Labute approximate surface area is 157 Å². The van der Waals surface area contributed by atoms with Gasteiger partial charge in [-0.2, -0.15) is 0 Å². The molecule has 0 aromatic carbocycles. The van der Waals surface area contributed by atoms with Gasteiger partial charge in [0.25, 0.3) is 5.91 Å². The second-order valence-electron chi connectivity index (χ2n) is 7.52. The molecule has 8 nitrogen and oxygen atoms in total. The van der Waals surface area contributed by atoms with E-state index in [0.29, 0.717) is 24.6 Å². The topological polar surface area (TPSA) is 93.3 Å². The van der Waals surface area contributed by atoms with Gasteiger partial charge in [0.1, 0.15) is 11.6 Å². The monoisotopic (exact) mass is 371 g/mol. The van der Waals surface area contributed by atoms with Crippen molar-refractivity contribution in [2.45, 2.75) is 45.6 Å². The summed E-state index contributed by atoms with van der Waals surface area (Å²) in [6, 6.07) is 3.64. The van der Waals surface area contributed by atoms with Gasteiger partial charge in [-0.15, -0.1) is 10.2 Å². The Balaban J connectivity index is 1.41. The van der Waals surface area contributed by atoms with Crippen molar-refractivity contribution >= 4 is 11.8 Å². The van der Waals surface area contributed by atoms with Crippen molar-refractivity contribution < 1.29 is 14.0 Å². The molecule has 0 bridgehead atoms. The Morgan fingerprint density at radius 2 is 2.07 bits per heavy atom. The molecule has 2 aliphatic rings. The zero-order valence-electron chi connectivity index (χ0n) is 15.6. The number of nitrogens with zero attached hydrogens (tertiary/aromatic N) is 4. The standard InChI is InChI=1S/C19H25N5O3/c1-2-20-18(26)17-22-21-15-5-6-19(13-24(15)17)7-9-23(10-8-19)16(25)12-14-4-3-11-27-14/h3-4,11H,2,5-10,12-13H2,1H3,(H,20,26). The lowest BCUT2D eigenvalue weighted by molar-refractivity contribution is -0.133. The van der Waals surface area contributed by atoms with Crippen LogP contribution in [0.2, 0.25) is 0 Å². The van der Waals surface area contributed by atoms with Gasteiger partial charge in [0.05, 0.1) is 12.7 Å². The summed E-state index contributed by atoms with van der Waals surface area (Å²) in [6.45, 7) is 4.70. The van der Waals surface area contributed by atoms with Gasteiger partial charge in [-0.3, -0.25) is 9.59 Å². The van der Waals surface area contributed by atoms with Crippen LogP contribution in [0.1, 0.15) is 48.4 Å². The van der Waals surface area contributed by atoms with E-state index in [0.717, 1.165) is 51.1 Å². The predicted molar refractivity (Wildman–Crippen MR) is 97.0 cm³/mol. The van der Waals surface area contributed by atoms with Gasteiger partial charge in [0.2, 0.25) is 11.7 Å². The number of piperidine rings is 1. The molecule has 2 aliphatic heterocycles. The minimum Gasteiger partial charge on any atom is -0.469 e. The Hall–Kier alpha value is -2.64. The molecule has 0 unspecified atom stereocenters. The van der Waals surface area contributed by atoms with E-state index in [9.17, 15) is 9.59 Å². The first-order valence-electron chi connectivity index (χ1n) is 9.61. The molecule has 144 valence electrons. The SMILES string of the molecule is CCNC(=O)c1nnc2n1CC1(CC2)CCN(C(=O)Cc2ccco2)CC1. The predicted octanol–water partition coefficient (Wildman–Crippen LogP) is 1.42. The lowest BCUT2D eigenvalue weighted by atomic mass is 9.73. The van der Waals surface area contributed by atoms with Crippen LogP contribution in [0.5, 0.6) is 0 Å². The number of fused-ring (bicyclic) bond motifs is 1. The number of carbonyl (C=O) groups is 2. The quantitative estimate of drug-likeness (QED) is 0.877. The average molecular weight is 371 g/mol. The van der Waals surface area contributed by atoms with Crippen LogP contribution in [0.25, 0.3) is 0 Å². The minimum atomic E-state index is -0.167. The van der Waals surface area contributed by atoms with Crippen LogP contribution in [0.3, 0.4) is 0 Å². The summed E-state index contributed by atoms with van der Waals surface area (Å²) < 4.78 is 7.27. The van der Waals surface area contributed by atoms with E-state index in [1.165, 1.54) is 0 Å². The molecule has 27 heavy (non-hydrogen) atoms. The number of furan rings is 1. The fourth-order valence-electron chi connectivity index (χ4n) is 4.20. The third-order valence-electron chi connectivity index (χ3n) is 5.82. The Morgan fingerprint density at radius 3 is 2.78 bits per heavy atom. The molecule has 0 aliphatic carbocycles. The molecule has 8 heteroatoms. The average Bonchev–Trinajstić information content (AvgIpc) is 3.32. The van der Waals surface area contributed by atoms with Crippen LogP contribution >= 0.6 is 0 Å². The fourth-order valence-corrected chi connectivity index (χ4v) is 4.20. The van der Waals surface area contributed by atoms with E-state index >= 15 is 0 Å². The summed E-state index contributed by atoms with van der Waals surface area (Å²) in [5.41, 5.74) is 0.109. The smallest absolute Gasteiger partial charge is 0.289 e. The minimum absolute atomic E-state index is 0.109. The van der Waals surface area contributed by atoms with Gasteiger partial charge < -0.3 is 19.2 Å². The van der Waals surface area contributed by atoms with Crippen molar-refractivity contribution in [3.8, 4) is 0 Å². The molecule has 0 saturated carbocycles. The number of carbonyl (C=O) groups excluding carboxylic acids is 2. The van der Waals surface area contributed by atoms with Crippen molar-refractivity contribution in [3.05, 3.63) is 35.8 Å². The van der Waals surface area contributed by atoms with Crippen molar-refractivity contribution in [3.63, 3.8) is 0 Å². The number of aryl methyl sites for hydroxylation is 1. The number of aromatic nitrogens is 3. The molecule has 1 saturated heterocycles. The molecule has 1 spiro atoms. The molecule has 4 heterocycles. The number of hydrogen-bond acceptors (Lipinski definition) is 5. The van der Waals surface area contributed by atoms with Crippen molar-refractivity contribution in [2.75, 3.05) is 19.6 Å². The van der Waals surface area contributed by atoms with E-state index in [1.54, 1.807) is 12.3 Å². The summed E-state index contributed by atoms with van der Waals surface area (Å²) in [7, 11) is 0. The molecule has 0 radical (unpaired) electrons. The highest BCUT2D eigenvalue weighted by molar-refractivity contribution is 5.90. The maximum Gasteiger partial charge on any atom is 0.289 e. The summed E-state index contributed by atoms with van der Waals surface area (Å²) >= 11 is 0. The summed E-state index contributed by atoms with van der Waals surface area (Å²) in [5.74, 6) is 1.95. The van der Waals surface area contributed by atoms with E-state index in [2.05, 4.69) is 15.5 Å². The first kappa shape index (κ1) is 17.8. The van der Waals surface area contributed by atoms with E-state index < -0.39 is 0 Å². The number of amides is 2. The highest BCUT2D eigenvalue weighted by Gasteiger charge is 2.40. The molecular weight excluding hydrogens is 346 g/mol. The van der Waals surface area contributed by atoms with Crippen LogP contribution in [0, 0.1) is 5.41 Å². The molecular formula is C19H25N5O3. The lowest BCUT2D eigenvalue weighted by Gasteiger charge is -2.44. The lowest BCUT2D eigenvalue weighted by Crippen LogP contribution is -2.47. The van der Waals surface area contributed by atoms with E-state index in [-0.39, 0.29) is 17.2 Å². The first-order chi connectivity index (χ1) is 13.1. The van der Waals surface area contributed by atoms with E-state index in [1.807, 2.05) is 22.5 Å². The van der Waals surface area contributed by atoms with Crippen molar-refractivity contribution in [1.29, 1.82) is 0 Å². The van der Waals surface area contributed by atoms with Gasteiger partial charge in [-0.1, -0.05) is 0 Å². The summed E-state index contributed by atoms with van der Waals surface area (Å²) in [5, 5.41) is 11.1. The van der Waals surface area contributed by atoms with E-state index in [4.69, 9.17) is 4.42 Å². The van der Waals surface area contributed by atoms with Gasteiger partial charge in [0, 0.05) is 32.6 Å². The normalized spacial score (nSPS) is 18.3. The van der Waals surface area contributed by atoms with Gasteiger partial charge in [-0.25, -0.2) is 0 Å². The number of likely N-dealkylation sites (tertiary alicyclic amines) is 1. The molecule has 1 fully saturated rings. The first-order valence-corrected chi connectivity index (χ1v) is 9.61. The molecule has 2 aromatic rings. The van der Waals surface area contributed by atoms with Crippen LogP contribution in [-0.2, 0) is 24.2 Å². The Kier molecular flexibility index (Phi) is 4.72. The zero-order chi connectivity index (χ0) is 18.9. The zero-order valence-corrected chi connectivity index (χ0v) is 15.6. The summed E-state index contributed by atoms with van der Waals surface area (Å²) in [4.78, 5) is 26.7. The molecule has 4 rings (SSSR count). The number of nitrogens with one attached hydrogen (secondary N) is 1. The molecule has 1 N–H and O–H groups in total. The Morgan fingerprint density at radius 1 is 1.26 bits per heavy atom. The maximum atomic E-state index is 12.5. The molecule has 2 amide bonds.